The van der Waals surface area contributed by atoms with E-state index in [4.69, 9.17) is 0 Å². The molecule has 2 nitrogen and oxygen atoms in total. The van der Waals surface area contributed by atoms with E-state index in [0.717, 1.165) is 22.6 Å². The Morgan fingerprint density at radius 2 is 1.68 bits per heavy atom. The number of hydrogen-bond donors (Lipinski definition) is 1. The summed E-state index contributed by atoms with van der Waals surface area (Å²) in [5.41, 5.74) is 5.50. The maximum atomic E-state index is 12.3. The van der Waals surface area contributed by atoms with Gasteiger partial charge in [-0.3, -0.25) is 4.79 Å². The van der Waals surface area contributed by atoms with Crippen LogP contribution in [-0.4, -0.2) is 11.7 Å². The van der Waals surface area contributed by atoms with Crippen LogP contribution in [0.3, 0.4) is 0 Å². The zero-order valence-corrected chi connectivity index (χ0v) is 15.1. The van der Waals surface area contributed by atoms with Crippen molar-refractivity contribution in [1.29, 1.82) is 0 Å². The van der Waals surface area contributed by atoms with E-state index in [1.807, 2.05) is 42.5 Å². The molecule has 0 bridgehead atoms. The fraction of sp³-hybridized carbons (Fsp3) is 0.136. The maximum Gasteiger partial charge on any atom is 0.234 e. The van der Waals surface area contributed by atoms with Gasteiger partial charge in [-0.05, 0) is 24.1 Å². The molecule has 0 fully saturated rings. The van der Waals surface area contributed by atoms with Gasteiger partial charge >= 0.3 is 0 Å². The van der Waals surface area contributed by atoms with Gasteiger partial charge in [0.25, 0.3) is 0 Å². The van der Waals surface area contributed by atoms with Crippen LogP contribution in [-0.2, 0) is 10.5 Å². The minimum absolute atomic E-state index is 0.0287. The van der Waals surface area contributed by atoms with E-state index in [-0.39, 0.29) is 5.91 Å². The van der Waals surface area contributed by atoms with E-state index >= 15 is 0 Å². The Balaban J connectivity index is 1.60. The molecule has 0 aromatic heterocycles. The van der Waals surface area contributed by atoms with Crippen LogP contribution in [0.2, 0.25) is 0 Å². The molecule has 0 aliphatic heterocycles. The number of hydrogen-bond acceptors (Lipinski definition) is 2. The molecule has 3 heteroatoms. The largest absolute Gasteiger partial charge is 0.325 e. The zero-order chi connectivity index (χ0) is 17.5. The highest BCUT2D eigenvalue weighted by molar-refractivity contribution is 7.99. The van der Waals surface area contributed by atoms with Crippen molar-refractivity contribution in [3.8, 4) is 11.1 Å². The van der Waals surface area contributed by atoms with Crippen molar-refractivity contribution < 1.29 is 4.79 Å². The van der Waals surface area contributed by atoms with Gasteiger partial charge < -0.3 is 5.32 Å². The van der Waals surface area contributed by atoms with Crippen LogP contribution in [0.25, 0.3) is 11.1 Å². The molecule has 3 aromatic rings. The summed E-state index contributed by atoms with van der Waals surface area (Å²) in [6, 6.07) is 26.4. The highest BCUT2D eigenvalue weighted by Crippen LogP contribution is 2.27. The molecule has 0 saturated carbocycles. The van der Waals surface area contributed by atoms with Gasteiger partial charge in [-0.25, -0.2) is 0 Å². The molecular formula is C22H21NOS. The third kappa shape index (κ3) is 4.97. The Morgan fingerprint density at radius 3 is 2.48 bits per heavy atom. The minimum Gasteiger partial charge on any atom is -0.325 e. The SMILES string of the molecule is Cc1cccc(CSCC(=O)Nc2ccccc2-c2ccccc2)c1. The first-order valence-corrected chi connectivity index (χ1v) is 9.45. The third-order valence-electron chi connectivity index (χ3n) is 3.87. The van der Waals surface area contributed by atoms with Crippen LogP contribution in [0.4, 0.5) is 5.69 Å². The number of nitrogens with one attached hydrogen (secondary N) is 1. The van der Waals surface area contributed by atoms with Gasteiger partial charge in [-0.2, -0.15) is 0 Å². The lowest BCUT2D eigenvalue weighted by atomic mass is 10.0. The Morgan fingerprint density at radius 1 is 0.920 bits per heavy atom. The zero-order valence-electron chi connectivity index (χ0n) is 14.2. The summed E-state index contributed by atoms with van der Waals surface area (Å²) >= 11 is 1.63. The second-order valence-electron chi connectivity index (χ2n) is 5.94. The monoisotopic (exact) mass is 347 g/mol. The Hall–Kier alpha value is -2.52. The summed E-state index contributed by atoms with van der Waals surface area (Å²) in [5, 5.41) is 3.05. The summed E-state index contributed by atoms with van der Waals surface area (Å²) in [6.07, 6.45) is 0. The first kappa shape index (κ1) is 17.3. The molecule has 0 spiro atoms. The molecule has 1 amide bonds. The van der Waals surface area contributed by atoms with Crippen molar-refractivity contribution in [2.75, 3.05) is 11.1 Å². The molecule has 0 heterocycles. The quantitative estimate of drug-likeness (QED) is 0.635. The fourth-order valence-electron chi connectivity index (χ4n) is 2.71. The number of benzene rings is 3. The molecule has 126 valence electrons. The molecule has 1 N–H and O–H groups in total. The predicted molar refractivity (Wildman–Crippen MR) is 108 cm³/mol. The second-order valence-corrected chi connectivity index (χ2v) is 6.93. The lowest BCUT2D eigenvalue weighted by Gasteiger charge is -2.11. The minimum atomic E-state index is 0.0287. The van der Waals surface area contributed by atoms with Crippen LogP contribution in [0.1, 0.15) is 11.1 Å². The van der Waals surface area contributed by atoms with Crippen LogP contribution >= 0.6 is 11.8 Å². The number of anilines is 1. The first-order chi connectivity index (χ1) is 12.2. The smallest absolute Gasteiger partial charge is 0.234 e. The van der Waals surface area contributed by atoms with Crippen LogP contribution < -0.4 is 5.32 Å². The molecule has 0 radical (unpaired) electrons. The van der Waals surface area contributed by atoms with E-state index in [2.05, 4.69) is 48.6 Å². The average Bonchev–Trinajstić information content (AvgIpc) is 2.63. The predicted octanol–water partition coefficient (Wildman–Crippen LogP) is 5.53. The van der Waals surface area contributed by atoms with Crippen molar-refractivity contribution in [2.45, 2.75) is 12.7 Å². The van der Waals surface area contributed by atoms with Gasteiger partial charge in [-0.15, -0.1) is 11.8 Å². The van der Waals surface area contributed by atoms with E-state index in [1.54, 1.807) is 11.8 Å². The van der Waals surface area contributed by atoms with Crippen LogP contribution in [0.15, 0.2) is 78.9 Å². The molecule has 0 aliphatic rings. The van der Waals surface area contributed by atoms with Crippen molar-refractivity contribution >= 4 is 23.4 Å². The normalized spacial score (nSPS) is 10.4. The standard InChI is InChI=1S/C22H21NOS/c1-17-8-7-9-18(14-17)15-25-16-22(24)23-21-13-6-5-12-20(21)19-10-3-2-4-11-19/h2-14H,15-16H2,1H3,(H,23,24). The van der Waals surface area contributed by atoms with E-state index < -0.39 is 0 Å². The highest BCUT2D eigenvalue weighted by Gasteiger charge is 2.08. The van der Waals surface area contributed by atoms with E-state index in [9.17, 15) is 4.79 Å². The van der Waals surface area contributed by atoms with Gasteiger partial charge in [-0.1, -0.05) is 78.4 Å². The lowest BCUT2D eigenvalue weighted by Crippen LogP contribution is -2.14. The third-order valence-corrected chi connectivity index (χ3v) is 4.87. The summed E-state index contributed by atoms with van der Waals surface area (Å²) in [6.45, 7) is 2.08. The van der Waals surface area contributed by atoms with Crippen LogP contribution in [0, 0.1) is 6.92 Å². The number of amides is 1. The van der Waals surface area contributed by atoms with Gasteiger partial charge in [0.1, 0.15) is 0 Å². The summed E-state index contributed by atoms with van der Waals surface area (Å²) < 4.78 is 0. The maximum absolute atomic E-state index is 12.3. The fourth-order valence-corrected chi connectivity index (χ4v) is 3.49. The molecule has 3 aromatic carbocycles. The van der Waals surface area contributed by atoms with E-state index in [0.29, 0.717) is 5.75 Å². The van der Waals surface area contributed by atoms with Gasteiger partial charge in [0.05, 0.1) is 5.75 Å². The van der Waals surface area contributed by atoms with Crippen LogP contribution in [0.5, 0.6) is 0 Å². The van der Waals surface area contributed by atoms with Gasteiger partial charge in [0.15, 0.2) is 0 Å². The van der Waals surface area contributed by atoms with Crippen molar-refractivity contribution in [1.82, 2.24) is 0 Å². The van der Waals surface area contributed by atoms with Gasteiger partial charge in [0, 0.05) is 17.0 Å². The number of rotatable bonds is 6. The van der Waals surface area contributed by atoms with Crippen molar-refractivity contribution in [2.24, 2.45) is 0 Å². The Bertz CT molecular complexity index is 845. The number of carbonyl (C=O) groups is 1. The van der Waals surface area contributed by atoms with Gasteiger partial charge in [0.2, 0.25) is 5.91 Å². The topological polar surface area (TPSA) is 29.1 Å². The number of thioether (sulfide) groups is 1. The summed E-state index contributed by atoms with van der Waals surface area (Å²) in [7, 11) is 0. The summed E-state index contributed by atoms with van der Waals surface area (Å²) in [4.78, 5) is 12.3. The molecule has 0 unspecified atom stereocenters. The molecule has 0 saturated heterocycles. The first-order valence-electron chi connectivity index (χ1n) is 8.30. The Labute approximate surface area is 153 Å². The second kappa shape index (κ2) is 8.54. The molecule has 3 rings (SSSR count). The summed E-state index contributed by atoms with van der Waals surface area (Å²) in [5.74, 6) is 1.31. The number of para-hydroxylation sites is 1. The van der Waals surface area contributed by atoms with E-state index in [1.165, 1.54) is 11.1 Å². The number of aryl methyl sites for hydroxylation is 1. The van der Waals surface area contributed by atoms with Crippen molar-refractivity contribution in [3.63, 3.8) is 0 Å². The molecule has 25 heavy (non-hydrogen) atoms. The highest BCUT2D eigenvalue weighted by atomic mass is 32.2. The Kier molecular flexibility index (Phi) is 5.91. The number of carbonyl (C=O) groups excluding carboxylic acids is 1. The lowest BCUT2D eigenvalue weighted by molar-refractivity contribution is -0.113. The molecule has 0 aliphatic carbocycles. The van der Waals surface area contributed by atoms with Crippen molar-refractivity contribution in [3.05, 3.63) is 90.0 Å². The molecular weight excluding hydrogens is 326 g/mol. The molecule has 0 atom stereocenters. The average molecular weight is 347 g/mol.